The van der Waals surface area contributed by atoms with E-state index in [9.17, 15) is 9.59 Å². The van der Waals surface area contributed by atoms with Gasteiger partial charge >= 0.3 is 0 Å². The fraction of sp³-hybridized carbons (Fsp3) is 0.579. The predicted molar refractivity (Wildman–Crippen MR) is 95.0 cm³/mol. The first kappa shape index (κ1) is 17.0. The molecular weight excluding hydrogens is 302 g/mol. The van der Waals surface area contributed by atoms with Crippen molar-refractivity contribution < 1.29 is 9.59 Å². The van der Waals surface area contributed by atoms with E-state index in [4.69, 9.17) is 0 Å². The van der Waals surface area contributed by atoms with Crippen molar-refractivity contribution in [1.29, 1.82) is 0 Å². The van der Waals surface area contributed by atoms with Gasteiger partial charge in [0.2, 0.25) is 5.91 Å². The van der Waals surface area contributed by atoms with Crippen LogP contribution in [0, 0.1) is 5.92 Å². The molecule has 0 spiro atoms. The Hall–Kier alpha value is -1.88. The summed E-state index contributed by atoms with van der Waals surface area (Å²) >= 11 is 0. The van der Waals surface area contributed by atoms with Crippen LogP contribution in [0.3, 0.4) is 0 Å². The normalized spacial score (nSPS) is 22.2. The van der Waals surface area contributed by atoms with Crippen LogP contribution in [0.25, 0.3) is 0 Å². The van der Waals surface area contributed by atoms with E-state index in [0.717, 1.165) is 51.0 Å². The molecule has 2 N–H and O–H groups in total. The van der Waals surface area contributed by atoms with E-state index in [-0.39, 0.29) is 17.7 Å². The molecule has 2 saturated heterocycles. The van der Waals surface area contributed by atoms with Gasteiger partial charge in [0.1, 0.15) is 0 Å². The van der Waals surface area contributed by atoms with Crippen LogP contribution in [0.1, 0.15) is 49.4 Å². The molecule has 2 fully saturated rings. The lowest BCUT2D eigenvalue weighted by Gasteiger charge is -2.33. The molecule has 5 nitrogen and oxygen atoms in total. The summed E-state index contributed by atoms with van der Waals surface area (Å²) in [6.07, 6.45) is 5.13. The number of benzene rings is 1. The zero-order chi connectivity index (χ0) is 16.9. The molecule has 0 saturated carbocycles. The van der Waals surface area contributed by atoms with Crippen molar-refractivity contribution in [3.05, 3.63) is 29.8 Å². The molecule has 2 aliphatic rings. The van der Waals surface area contributed by atoms with Gasteiger partial charge in [0.05, 0.1) is 0 Å². The van der Waals surface area contributed by atoms with Crippen LogP contribution >= 0.6 is 0 Å². The first-order valence-electron chi connectivity index (χ1n) is 9.08. The van der Waals surface area contributed by atoms with Crippen molar-refractivity contribution in [2.24, 2.45) is 5.92 Å². The minimum Gasteiger partial charge on any atom is -0.336 e. The number of nitrogens with one attached hydrogen (secondary N) is 2. The van der Waals surface area contributed by atoms with Crippen LogP contribution < -0.4 is 10.6 Å². The first-order chi connectivity index (χ1) is 11.6. The molecule has 1 atom stereocenters. The van der Waals surface area contributed by atoms with Gasteiger partial charge in [-0.05, 0) is 76.4 Å². The second-order valence-corrected chi connectivity index (χ2v) is 6.93. The number of anilines is 1. The van der Waals surface area contributed by atoms with Crippen molar-refractivity contribution in [2.45, 2.75) is 45.1 Å². The number of hydrogen-bond donors (Lipinski definition) is 2. The van der Waals surface area contributed by atoms with Crippen molar-refractivity contribution in [3.63, 3.8) is 0 Å². The number of rotatable bonds is 3. The van der Waals surface area contributed by atoms with E-state index >= 15 is 0 Å². The molecule has 2 aliphatic heterocycles. The molecule has 1 aromatic carbocycles. The molecule has 3 rings (SSSR count). The summed E-state index contributed by atoms with van der Waals surface area (Å²) < 4.78 is 0. The molecule has 1 aromatic rings. The molecule has 2 heterocycles. The molecule has 5 heteroatoms. The Morgan fingerprint density at radius 3 is 2.46 bits per heavy atom. The summed E-state index contributed by atoms with van der Waals surface area (Å²) in [5.41, 5.74) is 1.46. The Balaban J connectivity index is 1.60. The summed E-state index contributed by atoms with van der Waals surface area (Å²) in [5, 5.41) is 6.24. The Kier molecular flexibility index (Phi) is 5.51. The number of carbonyl (C=O) groups is 2. The van der Waals surface area contributed by atoms with Crippen molar-refractivity contribution in [3.8, 4) is 0 Å². The van der Waals surface area contributed by atoms with Gasteiger partial charge < -0.3 is 15.5 Å². The average molecular weight is 329 g/mol. The highest BCUT2D eigenvalue weighted by atomic mass is 16.2. The van der Waals surface area contributed by atoms with E-state index < -0.39 is 0 Å². The quantitative estimate of drug-likeness (QED) is 0.896. The van der Waals surface area contributed by atoms with Gasteiger partial charge in [-0.1, -0.05) is 0 Å². The van der Waals surface area contributed by atoms with Gasteiger partial charge in [-0.2, -0.15) is 0 Å². The Morgan fingerprint density at radius 1 is 1.08 bits per heavy atom. The van der Waals surface area contributed by atoms with Gasteiger partial charge in [-0.15, -0.1) is 0 Å². The van der Waals surface area contributed by atoms with Gasteiger partial charge in [0.15, 0.2) is 0 Å². The second-order valence-electron chi connectivity index (χ2n) is 6.93. The number of carbonyl (C=O) groups excluding carboxylic acids is 2. The number of nitrogens with zero attached hydrogens (tertiary/aromatic N) is 1. The summed E-state index contributed by atoms with van der Waals surface area (Å²) in [6, 6.07) is 7.62. The maximum absolute atomic E-state index is 12.6. The van der Waals surface area contributed by atoms with Crippen molar-refractivity contribution in [2.75, 3.05) is 25.0 Å². The fourth-order valence-corrected chi connectivity index (χ4v) is 3.59. The second kappa shape index (κ2) is 7.79. The number of hydrogen-bond acceptors (Lipinski definition) is 3. The minimum atomic E-state index is 0.0835. The van der Waals surface area contributed by atoms with Crippen LogP contribution in [0.15, 0.2) is 24.3 Å². The van der Waals surface area contributed by atoms with Gasteiger partial charge in [-0.25, -0.2) is 0 Å². The van der Waals surface area contributed by atoms with E-state index in [0.29, 0.717) is 11.6 Å². The van der Waals surface area contributed by atoms with Crippen LogP contribution in [-0.2, 0) is 4.79 Å². The number of piperidine rings is 2. The third-order valence-corrected chi connectivity index (χ3v) is 5.17. The lowest BCUT2D eigenvalue weighted by atomic mass is 9.97. The highest BCUT2D eigenvalue weighted by Gasteiger charge is 2.24. The molecule has 130 valence electrons. The SMILES string of the molecule is CC1CCCCN1C(=O)c1ccc(NC(=O)C2CCNCC2)cc1. The summed E-state index contributed by atoms with van der Waals surface area (Å²) in [6.45, 7) is 4.76. The minimum absolute atomic E-state index is 0.0835. The Bertz CT molecular complexity index is 579. The number of likely N-dealkylation sites (tertiary alicyclic amines) is 1. The van der Waals surface area contributed by atoms with E-state index in [1.807, 2.05) is 29.2 Å². The summed E-state index contributed by atoms with van der Waals surface area (Å²) in [7, 11) is 0. The van der Waals surface area contributed by atoms with E-state index in [1.54, 1.807) is 0 Å². The third kappa shape index (κ3) is 3.96. The maximum Gasteiger partial charge on any atom is 0.254 e. The van der Waals surface area contributed by atoms with Crippen LogP contribution in [0.2, 0.25) is 0 Å². The Labute approximate surface area is 143 Å². The lowest BCUT2D eigenvalue weighted by molar-refractivity contribution is -0.120. The summed E-state index contributed by atoms with van der Waals surface area (Å²) in [5.74, 6) is 0.264. The first-order valence-corrected chi connectivity index (χ1v) is 9.08. The summed E-state index contributed by atoms with van der Waals surface area (Å²) in [4.78, 5) is 26.8. The lowest BCUT2D eigenvalue weighted by Crippen LogP contribution is -2.42. The zero-order valence-corrected chi connectivity index (χ0v) is 14.4. The highest BCUT2D eigenvalue weighted by molar-refractivity contribution is 5.96. The standard InChI is InChI=1S/C19H27N3O2/c1-14-4-2-3-13-22(14)19(24)16-5-7-17(8-6-16)21-18(23)15-9-11-20-12-10-15/h5-8,14-15,20H,2-4,9-13H2,1H3,(H,21,23). The Morgan fingerprint density at radius 2 is 1.79 bits per heavy atom. The predicted octanol–water partition coefficient (Wildman–Crippen LogP) is 2.64. The van der Waals surface area contributed by atoms with Crippen molar-refractivity contribution in [1.82, 2.24) is 10.2 Å². The van der Waals surface area contributed by atoms with Gasteiger partial charge in [0.25, 0.3) is 5.91 Å². The molecule has 0 aromatic heterocycles. The van der Waals surface area contributed by atoms with Crippen molar-refractivity contribution >= 4 is 17.5 Å². The smallest absolute Gasteiger partial charge is 0.254 e. The molecule has 0 bridgehead atoms. The van der Waals surface area contributed by atoms with Gasteiger partial charge in [-0.3, -0.25) is 9.59 Å². The highest BCUT2D eigenvalue weighted by Crippen LogP contribution is 2.21. The zero-order valence-electron chi connectivity index (χ0n) is 14.4. The maximum atomic E-state index is 12.6. The molecule has 2 amide bonds. The van der Waals surface area contributed by atoms with Crippen LogP contribution in [0.4, 0.5) is 5.69 Å². The monoisotopic (exact) mass is 329 g/mol. The molecule has 24 heavy (non-hydrogen) atoms. The number of amides is 2. The largest absolute Gasteiger partial charge is 0.336 e. The molecule has 1 unspecified atom stereocenters. The average Bonchev–Trinajstić information content (AvgIpc) is 2.63. The van der Waals surface area contributed by atoms with E-state index in [2.05, 4.69) is 17.6 Å². The topological polar surface area (TPSA) is 61.4 Å². The molecule has 0 aliphatic carbocycles. The van der Waals surface area contributed by atoms with Crippen LogP contribution in [0.5, 0.6) is 0 Å². The van der Waals surface area contributed by atoms with Crippen LogP contribution in [-0.4, -0.2) is 42.4 Å². The third-order valence-electron chi connectivity index (χ3n) is 5.17. The fourth-order valence-electron chi connectivity index (χ4n) is 3.59. The molecular formula is C19H27N3O2. The molecule has 0 radical (unpaired) electrons. The van der Waals surface area contributed by atoms with E-state index in [1.165, 1.54) is 6.42 Å². The van der Waals surface area contributed by atoms with Gasteiger partial charge in [0, 0.05) is 29.8 Å².